The number of hydrogen-bond donors (Lipinski definition) is 0. The van der Waals surface area contributed by atoms with Crippen LogP contribution in [0.1, 0.15) is 23.4 Å². The van der Waals surface area contributed by atoms with E-state index in [1.807, 2.05) is 49.8 Å². The number of likely N-dealkylation sites (tertiary alicyclic amines) is 1. The van der Waals surface area contributed by atoms with E-state index in [9.17, 15) is 9.59 Å². The Kier molecular flexibility index (Phi) is 4.63. The van der Waals surface area contributed by atoms with Crippen molar-refractivity contribution in [3.63, 3.8) is 0 Å². The number of ether oxygens (including phenoxy) is 1. The van der Waals surface area contributed by atoms with Gasteiger partial charge in [0.15, 0.2) is 5.82 Å². The number of fused-ring (bicyclic) bond motifs is 1. The topological polar surface area (TPSA) is 87.2 Å². The third-order valence-corrected chi connectivity index (χ3v) is 5.90. The highest BCUT2D eigenvalue weighted by Crippen LogP contribution is 2.31. The van der Waals surface area contributed by atoms with Crippen LogP contribution in [0.3, 0.4) is 0 Å². The maximum atomic E-state index is 12.8. The molecule has 4 heterocycles. The van der Waals surface area contributed by atoms with Crippen molar-refractivity contribution >= 4 is 0 Å². The summed E-state index contributed by atoms with van der Waals surface area (Å²) in [5.74, 6) is 0.506. The van der Waals surface area contributed by atoms with Gasteiger partial charge in [0.05, 0.1) is 19.3 Å². The molecule has 0 amide bonds. The summed E-state index contributed by atoms with van der Waals surface area (Å²) in [7, 11) is 1.90. The molecular formula is C21H24N6O3. The van der Waals surface area contributed by atoms with Crippen LogP contribution in [-0.4, -0.2) is 47.7 Å². The maximum absolute atomic E-state index is 12.8. The van der Waals surface area contributed by atoms with E-state index in [-0.39, 0.29) is 13.2 Å². The first-order valence-corrected chi connectivity index (χ1v) is 10.1. The van der Waals surface area contributed by atoms with Crippen LogP contribution < -0.4 is 11.1 Å². The van der Waals surface area contributed by atoms with Crippen molar-refractivity contribution in [1.82, 2.24) is 29.0 Å². The zero-order valence-electron chi connectivity index (χ0n) is 16.9. The predicted octanol–water partition coefficient (Wildman–Crippen LogP) is 0.362. The standard InChI is InChI=1S/C21H24N6O3/c1-24-10-17(9-22-24)11-25-8-7-21(14-25)15-26-18(13-30-21)23-27(20(29)19(26)28)12-16-5-3-2-4-6-16/h2-6,9-10H,7-8,11-15H2,1H3. The molecule has 1 saturated heterocycles. The minimum absolute atomic E-state index is 0.227. The quantitative estimate of drug-likeness (QED) is 0.580. The Labute approximate surface area is 173 Å². The third-order valence-electron chi connectivity index (χ3n) is 5.90. The second-order valence-corrected chi connectivity index (χ2v) is 8.21. The molecular weight excluding hydrogens is 384 g/mol. The molecule has 0 aliphatic carbocycles. The molecule has 9 heteroatoms. The highest BCUT2D eigenvalue weighted by molar-refractivity contribution is 5.15. The fourth-order valence-corrected chi connectivity index (χ4v) is 4.39. The van der Waals surface area contributed by atoms with Gasteiger partial charge in [-0.1, -0.05) is 30.3 Å². The molecule has 0 N–H and O–H groups in total. The molecule has 1 aromatic carbocycles. The van der Waals surface area contributed by atoms with E-state index in [0.717, 1.165) is 30.6 Å². The van der Waals surface area contributed by atoms with Gasteiger partial charge in [0.25, 0.3) is 0 Å². The van der Waals surface area contributed by atoms with Gasteiger partial charge in [-0.05, 0) is 12.0 Å². The van der Waals surface area contributed by atoms with E-state index in [0.29, 0.717) is 18.9 Å². The van der Waals surface area contributed by atoms with Crippen molar-refractivity contribution in [2.45, 2.75) is 38.3 Å². The number of rotatable bonds is 4. The number of nitrogens with zero attached hydrogens (tertiary/aromatic N) is 6. The SMILES string of the molecule is Cn1cc(CN2CCC3(C2)Cn2c(nn(Cc4ccccc4)c(=O)c2=O)CO3)cn1. The number of aryl methyl sites for hydroxylation is 1. The van der Waals surface area contributed by atoms with Crippen molar-refractivity contribution in [3.05, 3.63) is 80.4 Å². The Balaban J connectivity index is 1.36. The summed E-state index contributed by atoms with van der Waals surface area (Å²) >= 11 is 0. The lowest BCUT2D eigenvalue weighted by Gasteiger charge is -2.35. The molecule has 2 aromatic heterocycles. The molecule has 30 heavy (non-hydrogen) atoms. The average molecular weight is 408 g/mol. The minimum Gasteiger partial charge on any atom is -0.364 e. The van der Waals surface area contributed by atoms with Gasteiger partial charge in [0.2, 0.25) is 0 Å². The van der Waals surface area contributed by atoms with Crippen LogP contribution in [0, 0.1) is 0 Å². The monoisotopic (exact) mass is 408 g/mol. The lowest BCUT2D eigenvalue weighted by molar-refractivity contribution is -0.0858. The van der Waals surface area contributed by atoms with E-state index in [1.165, 1.54) is 9.25 Å². The van der Waals surface area contributed by atoms with Crippen molar-refractivity contribution < 1.29 is 4.74 Å². The van der Waals surface area contributed by atoms with Crippen LogP contribution in [-0.2, 0) is 38.0 Å². The number of aromatic nitrogens is 5. The van der Waals surface area contributed by atoms with Gasteiger partial charge < -0.3 is 4.74 Å². The zero-order valence-corrected chi connectivity index (χ0v) is 16.9. The largest absolute Gasteiger partial charge is 0.364 e. The van der Waals surface area contributed by atoms with Gasteiger partial charge in [-0.15, -0.1) is 0 Å². The molecule has 0 saturated carbocycles. The van der Waals surface area contributed by atoms with E-state index in [1.54, 1.807) is 4.68 Å². The Hall–Kier alpha value is -3.04. The van der Waals surface area contributed by atoms with Crippen molar-refractivity contribution in [2.75, 3.05) is 13.1 Å². The molecule has 2 aliphatic heterocycles. The summed E-state index contributed by atoms with van der Waals surface area (Å²) < 4.78 is 10.8. The minimum atomic E-state index is -0.593. The van der Waals surface area contributed by atoms with Crippen LogP contribution in [0.4, 0.5) is 0 Å². The number of benzene rings is 1. The van der Waals surface area contributed by atoms with Crippen LogP contribution in [0.15, 0.2) is 52.3 Å². The Morgan fingerprint density at radius 2 is 1.90 bits per heavy atom. The van der Waals surface area contributed by atoms with Gasteiger partial charge in [0, 0.05) is 38.4 Å². The highest BCUT2D eigenvalue weighted by atomic mass is 16.5. The summed E-state index contributed by atoms with van der Waals surface area (Å²) in [5, 5.41) is 8.65. The molecule has 0 radical (unpaired) electrons. The molecule has 9 nitrogen and oxygen atoms in total. The van der Waals surface area contributed by atoms with Crippen molar-refractivity contribution in [3.8, 4) is 0 Å². The molecule has 1 unspecified atom stereocenters. The maximum Gasteiger partial charge on any atom is 0.332 e. The Bertz CT molecular complexity index is 1180. The molecule has 3 aromatic rings. The Morgan fingerprint density at radius 3 is 2.67 bits per heavy atom. The molecule has 2 aliphatic rings. The molecule has 5 rings (SSSR count). The van der Waals surface area contributed by atoms with Gasteiger partial charge in [0.1, 0.15) is 12.2 Å². The summed E-state index contributed by atoms with van der Waals surface area (Å²) in [6.45, 7) is 3.23. The van der Waals surface area contributed by atoms with E-state index < -0.39 is 16.7 Å². The first-order chi connectivity index (χ1) is 14.5. The zero-order chi connectivity index (χ0) is 20.7. The summed E-state index contributed by atoms with van der Waals surface area (Å²) in [4.78, 5) is 27.8. The van der Waals surface area contributed by atoms with Crippen LogP contribution in [0.5, 0.6) is 0 Å². The first-order valence-electron chi connectivity index (χ1n) is 10.1. The van der Waals surface area contributed by atoms with E-state index in [4.69, 9.17) is 4.74 Å². The molecule has 0 bridgehead atoms. The van der Waals surface area contributed by atoms with Gasteiger partial charge in [-0.3, -0.25) is 23.7 Å². The van der Waals surface area contributed by atoms with E-state index >= 15 is 0 Å². The summed E-state index contributed by atoms with van der Waals surface area (Å²) in [6, 6.07) is 9.53. The smallest absolute Gasteiger partial charge is 0.332 e. The van der Waals surface area contributed by atoms with Crippen molar-refractivity contribution in [2.24, 2.45) is 7.05 Å². The van der Waals surface area contributed by atoms with Crippen LogP contribution >= 0.6 is 0 Å². The van der Waals surface area contributed by atoms with Gasteiger partial charge in [-0.2, -0.15) is 10.2 Å². The fraction of sp³-hybridized carbons (Fsp3) is 0.429. The summed E-state index contributed by atoms with van der Waals surface area (Å²) in [5.41, 5.74) is 0.493. The third kappa shape index (κ3) is 3.50. The Morgan fingerprint density at radius 1 is 1.07 bits per heavy atom. The molecule has 156 valence electrons. The highest BCUT2D eigenvalue weighted by Gasteiger charge is 2.43. The van der Waals surface area contributed by atoms with E-state index in [2.05, 4.69) is 15.1 Å². The predicted molar refractivity (Wildman–Crippen MR) is 109 cm³/mol. The van der Waals surface area contributed by atoms with Crippen LogP contribution in [0.2, 0.25) is 0 Å². The second-order valence-electron chi connectivity index (χ2n) is 8.21. The molecule has 1 atom stereocenters. The lowest BCUT2D eigenvalue weighted by Crippen LogP contribution is -2.53. The van der Waals surface area contributed by atoms with Gasteiger partial charge in [-0.25, -0.2) is 4.68 Å². The lowest BCUT2D eigenvalue weighted by atomic mass is 10.0. The second kappa shape index (κ2) is 7.33. The first kappa shape index (κ1) is 19.0. The molecule has 1 fully saturated rings. The fourth-order valence-electron chi connectivity index (χ4n) is 4.39. The average Bonchev–Trinajstić information content (AvgIpc) is 3.33. The summed E-state index contributed by atoms with van der Waals surface area (Å²) in [6.07, 6.45) is 4.68. The molecule has 1 spiro atoms. The normalized spacial score (nSPS) is 21.2. The van der Waals surface area contributed by atoms with Crippen LogP contribution in [0.25, 0.3) is 0 Å². The van der Waals surface area contributed by atoms with Gasteiger partial charge >= 0.3 is 11.1 Å². The number of hydrogen-bond acceptors (Lipinski definition) is 6. The van der Waals surface area contributed by atoms with Crippen molar-refractivity contribution in [1.29, 1.82) is 0 Å².